The van der Waals surface area contributed by atoms with Crippen molar-refractivity contribution in [3.63, 3.8) is 0 Å². The van der Waals surface area contributed by atoms with Crippen LogP contribution < -0.4 is 5.32 Å². The Morgan fingerprint density at radius 3 is 2.54 bits per heavy atom. The summed E-state index contributed by atoms with van der Waals surface area (Å²) in [5.74, 6) is 1.54. The average molecular weight is 392 g/mol. The van der Waals surface area contributed by atoms with Crippen LogP contribution in [0.15, 0.2) is 28.6 Å². The zero-order valence-electron chi connectivity index (χ0n) is 16.1. The van der Waals surface area contributed by atoms with Gasteiger partial charge in [0.1, 0.15) is 0 Å². The van der Waals surface area contributed by atoms with Gasteiger partial charge in [0.25, 0.3) is 0 Å². The quantitative estimate of drug-likeness (QED) is 0.392. The Labute approximate surface area is 165 Å². The highest BCUT2D eigenvalue weighted by Gasteiger charge is 2.17. The van der Waals surface area contributed by atoms with Gasteiger partial charge in [-0.3, -0.25) is 4.79 Å². The van der Waals surface area contributed by atoms with Crippen molar-refractivity contribution in [2.24, 2.45) is 5.92 Å². The molecule has 0 fully saturated rings. The Balaban J connectivity index is 1.86. The van der Waals surface area contributed by atoms with Crippen molar-refractivity contribution in [3.05, 3.63) is 35.4 Å². The standard InChI is InChI=1S/C20H29N3OS2/c1-5-7-8-16(6-2)18(24)21-19-22-23-20(26-19)25-13-15-9-11-17(12-10-15)14(3)4/h9-12,14,16H,5-8,13H2,1-4H3,(H,21,22,24)/t16-/m0/s1. The second-order valence-corrected chi connectivity index (χ2v) is 8.99. The number of carbonyl (C=O) groups is 1. The highest BCUT2D eigenvalue weighted by atomic mass is 32.2. The predicted octanol–water partition coefficient (Wildman–Crippen LogP) is 6.11. The maximum Gasteiger partial charge on any atom is 0.229 e. The van der Waals surface area contributed by atoms with E-state index in [0.717, 1.165) is 35.8 Å². The van der Waals surface area contributed by atoms with Crippen LogP contribution in [0.2, 0.25) is 0 Å². The molecule has 0 bridgehead atoms. The molecule has 2 aromatic rings. The molecule has 0 saturated carbocycles. The van der Waals surface area contributed by atoms with Gasteiger partial charge in [-0.15, -0.1) is 10.2 Å². The minimum absolute atomic E-state index is 0.0643. The number of nitrogens with one attached hydrogen (secondary N) is 1. The van der Waals surface area contributed by atoms with Gasteiger partial charge in [-0.05, 0) is 29.9 Å². The fourth-order valence-electron chi connectivity index (χ4n) is 2.64. The predicted molar refractivity (Wildman–Crippen MR) is 112 cm³/mol. The summed E-state index contributed by atoms with van der Waals surface area (Å²) in [6.45, 7) is 8.61. The van der Waals surface area contributed by atoms with E-state index in [1.807, 2.05) is 0 Å². The molecule has 1 amide bonds. The molecule has 0 aliphatic heterocycles. The molecule has 6 heteroatoms. The molecule has 0 aliphatic rings. The fraction of sp³-hybridized carbons (Fsp3) is 0.550. The van der Waals surface area contributed by atoms with E-state index in [1.165, 1.54) is 22.5 Å². The molecule has 142 valence electrons. The Morgan fingerprint density at radius 1 is 1.19 bits per heavy atom. The molecule has 2 rings (SSSR count). The number of rotatable bonds is 10. The van der Waals surface area contributed by atoms with Gasteiger partial charge in [0, 0.05) is 11.7 Å². The zero-order valence-corrected chi connectivity index (χ0v) is 17.8. The molecule has 1 aromatic carbocycles. The lowest BCUT2D eigenvalue weighted by Crippen LogP contribution is -2.22. The highest BCUT2D eigenvalue weighted by molar-refractivity contribution is 8.00. The van der Waals surface area contributed by atoms with Crippen LogP contribution in [0.3, 0.4) is 0 Å². The average Bonchev–Trinajstić information content (AvgIpc) is 3.08. The summed E-state index contributed by atoms with van der Waals surface area (Å²) in [5.41, 5.74) is 2.62. The third-order valence-corrected chi connectivity index (χ3v) is 6.46. The highest BCUT2D eigenvalue weighted by Crippen LogP contribution is 2.29. The molecule has 1 heterocycles. The lowest BCUT2D eigenvalue weighted by Gasteiger charge is -2.12. The number of nitrogens with zero attached hydrogens (tertiary/aromatic N) is 2. The van der Waals surface area contributed by atoms with Crippen LogP contribution in [0.1, 0.15) is 70.4 Å². The minimum Gasteiger partial charge on any atom is -0.300 e. The van der Waals surface area contributed by atoms with Crippen molar-refractivity contribution < 1.29 is 4.79 Å². The minimum atomic E-state index is 0.0643. The van der Waals surface area contributed by atoms with Crippen LogP contribution in [0.4, 0.5) is 5.13 Å². The molecule has 0 saturated heterocycles. The summed E-state index contributed by atoms with van der Waals surface area (Å²) >= 11 is 3.11. The third kappa shape index (κ3) is 6.40. The van der Waals surface area contributed by atoms with Crippen molar-refractivity contribution in [2.75, 3.05) is 5.32 Å². The molecule has 1 aromatic heterocycles. The van der Waals surface area contributed by atoms with Gasteiger partial charge in [-0.25, -0.2) is 0 Å². The second kappa shape index (κ2) is 10.7. The molecule has 0 unspecified atom stereocenters. The topological polar surface area (TPSA) is 54.9 Å². The van der Waals surface area contributed by atoms with Crippen molar-refractivity contribution >= 4 is 34.1 Å². The van der Waals surface area contributed by atoms with Gasteiger partial charge in [-0.1, -0.05) is 87.9 Å². The SMILES string of the molecule is CCCC[C@H](CC)C(=O)Nc1nnc(SCc2ccc(C(C)C)cc2)s1. The van der Waals surface area contributed by atoms with Gasteiger partial charge >= 0.3 is 0 Å². The molecular weight excluding hydrogens is 362 g/mol. The van der Waals surface area contributed by atoms with E-state index in [2.05, 4.69) is 67.5 Å². The first-order valence-corrected chi connectivity index (χ1v) is 11.2. The van der Waals surface area contributed by atoms with E-state index < -0.39 is 0 Å². The Hall–Kier alpha value is -1.40. The fourth-order valence-corrected chi connectivity index (χ4v) is 4.35. The van der Waals surface area contributed by atoms with E-state index >= 15 is 0 Å². The molecule has 1 N–H and O–H groups in total. The first-order chi connectivity index (χ1) is 12.5. The van der Waals surface area contributed by atoms with Crippen molar-refractivity contribution in [1.29, 1.82) is 0 Å². The van der Waals surface area contributed by atoms with Crippen molar-refractivity contribution in [2.45, 2.75) is 69.4 Å². The van der Waals surface area contributed by atoms with Gasteiger partial charge in [0.15, 0.2) is 4.34 Å². The first kappa shape index (κ1) is 20.9. The number of hydrogen-bond donors (Lipinski definition) is 1. The largest absolute Gasteiger partial charge is 0.300 e. The molecule has 1 atom stereocenters. The molecule has 0 spiro atoms. The molecule has 26 heavy (non-hydrogen) atoms. The Morgan fingerprint density at radius 2 is 1.92 bits per heavy atom. The van der Waals surface area contributed by atoms with E-state index in [0.29, 0.717) is 11.0 Å². The summed E-state index contributed by atoms with van der Waals surface area (Å²) in [7, 11) is 0. The van der Waals surface area contributed by atoms with Crippen molar-refractivity contribution in [3.8, 4) is 0 Å². The summed E-state index contributed by atoms with van der Waals surface area (Å²) < 4.78 is 0.884. The van der Waals surface area contributed by atoms with Crippen LogP contribution >= 0.6 is 23.1 Å². The molecular formula is C20H29N3OS2. The molecule has 0 radical (unpaired) electrons. The third-order valence-electron chi connectivity index (χ3n) is 4.42. The number of anilines is 1. The number of amides is 1. The monoisotopic (exact) mass is 391 g/mol. The smallest absolute Gasteiger partial charge is 0.229 e. The summed E-state index contributed by atoms with van der Waals surface area (Å²) in [5, 5.41) is 11.8. The van der Waals surface area contributed by atoms with Crippen molar-refractivity contribution in [1.82, 2.24) is 10.2 Å². The molecule has 4 nitrogen and oxygen atoms in total. The van der Waals surface area contributed by atoms with Crippen LogP contribution in [0, 0.1) is 5.92 Å². The second-order valence-electron chi connectivity index (χ2n) is 6.79. The van der Waals surface area contributed by atoms with Gasteiger partial charge in [-0.2, -0.15) is 0 Å². The van der Waals surface area contributed by atoms with E-state index in [9.17, 15) is 4.79 Å². The van der Waals surface area contributed by atoms with Gasteiger partial charge in [0.2, 0.25) is 11.0 Å². The maximum atomic E-state index is 12.3. The van der Waals surface area contributed by atoms with Gasteiger partial charge < -0.3 is 5.32 Å². The van der Waals surface area contributed by atoms with E-state index in [4.69, 9.17) is 0 Å². The number of unbranched alkanes of at least 4 members (excludes halogenated alkanes) is 1. The summed E-state index contributed by atoms with van der Waals surface area (Å²) in [4.78, 5) is 12.3. The molecule has 0 aliphatic carbocycles. The number of thioether (sulfide) groups is 1. The van der Waals surface area contributed by atoms with E-state index in [1.54, 1.807) is 11.8 Å². The Kier molecular flexibility index (Phi) is 8.59. The summed E-state index contributed by atoms with van der Waals surface area (Å²) in [6, 6.07) is 8.72. The maximum absolute atomic E-state index is 12.3. The van der Waals surface area contributed by atoms with Crippen LogP contribution in [0.25, 0.3) is 0 Å². The van der Waals surface area contributed by atoms with E-state index in [-0.39, 0.29) is 11.8 Å². The first-order valence-electron chi connectivity index (χ1n) is 9.39. The van der Waals surface area contributed by atoms with Crippen LogP contribution in [0.5, 0.6) is 0 Å². The lowest BCUT2D eigenvalue weighted by atomic mass is 9.99. The normalized spacial score (nSPS) is 12.3. The summed E-state index contributed by atoms with van der Waals surface area (Å²) in [6.07, 6.45) is 3.99. The number of hydrogen-bond acceptors (Lipinski definition) is 5. The number of carbonyl (C=O) groups excluding carboxylic acids is 1. The number of aromatic nitrogens is 2. The lowest BCUT2D eigenvalue weighted by molar-refractivity contribution is -0.120. The Bertz CT molecular complexity index is 683. The van der Waals surface area contributed by atoms with Crippen LogP contribution in [-0.2, 0) is 10.5 Å². The van der Waals surface area contributed by atoms with Gasteiger partial charge in [0.05, 0.1) is 0 Å². The number of benzene rings is 1. The van der Waals surface area contributed by atoms with Crippen LogP contribution in [-0.4, -0.2) is 16.1 Å². The zero-order chi connectivity index (χ0) is 18.9.